The molecular formula is C23H17F9N2O2. The van der Waals surface area contributed by atoms with Gasteiger partial charge in [0.25, 0.3) is 0 Å². The van der Waals surface area contributed by atoms with Gasteiger partial charge in [0.05, 0.1) is 11.4 Å². The van der Waals surface area contributed by atoms with Gasteiger partial charge in [-0.05, 0) is 23.8 Å². The molecule has 13 heteroatoms. The van der Waals surface area contributed by atoms with Gasteiger partial charge in [-0.25, -0.2) is 13.2 Å². The van der Waals surface area contributed by atoms with E-state index in [1.165, 1.54) is 18.2 Å². The van der Waals surface area contributed by atoms with E-state index in [-0.39, 0.29) is 5.56 Å². The molecule has 0 fully saturated rings. The molecule has 0 spiro atoms. The number of anilines is 2. The summed E-state index contributed by atoms with van der Waals surface area (Å²) in [7, 11) is 0. The van der Waals surface area contributed by atoms with Crippen LogP contribution in [0.3, 0.4) is 0 Å². The molecule has 4 nitrogen and oxygen atoms in total. The van der Waals surface area contributed by atoms with Crippen molar-refractivity contribution in [3.05, 3.63) is 82.7 Å². The first-order valence-electron chi connectivity index (χ1n) is 10.1. The summed E-state index contributed by atoms with van der Waals surface area (Å²) >= 11 is 0. The number of aromatic hydroxyl groups is 2. The largest absolute Gasteiger partial charge is 0.508 e. The number of rotatable bonds is 7. The molecule has 0 aliphatic rings. The molecule has 36 heavy (non-hydrogen) atoms. The Morgan fingerprint density at radius 2 is 1.03 bits per heavy atom. The standard InChI is InChI=1S/C23H17F9N2O2/c24-14-4-2-1-3-11(14)21(12-5-15(25)17(7-19(12)35)33-9-22(27,28)29)13-6-16(26)18(8-20(13)36)34-10-23(30,31)32/h1-8,21,33-36H,9-10H2. The van der Waals surface area contributed by atoms with Crippen molar-refractivity contribution in [2.75, 3.05) is 23.7 Å². The van der Waals surface area contributed by atoms with Crippen LogP contribution in [0, 0.1) is 17.5 Å². The first kappa shape index (κ1) is 26.8. The molecule has 0 aliphatic carbocycles. The van der Waals surface area contributed by atoms with Gasteiger partial charge in [-0.3, -0.25) is 0 Å². The summed E-state index contributed by atoms with van der Waals surface area (Å²) in [4.78, 5) is 0. The van der Waals surface area contributed by atoms with Crippen molar-refractivity contribution in [1.82, 2.24) is 0 Å². The second-order valence-corrected chi connectivity index (χ2v) is 7.67. The number of hydrogen-bond donors (Lipinski definition) is 4. The van der Waals surface area contributed by atoms with E-state index < -0.39 is 82.8 Å². The monoisotopic (exact) mass is 524 g/mol. The van der Waals surface area contributed by atoms with Crippen LogP contribution in [0.25, 0.3) is 0 Å². The molecule has 0 saturated heterocycles. The molecule has 0 radical (unpaired) electrons. The van der Waals surface area contributed by atoms with E-state index in [1.807, 2.05) is 0 Å². The van der Waals surface area contributed by atoms with E-state index in [9.17, 15) is 49.7 Å². The Morgan fingerprint density at radius 1 is 0.611 bits per heavy atom. The third-order valence-corrected chi connectivity index (χ3v) is 5.03. The molecule has 0 aromatic heterocycles. The Bertz CT molecular complexity index is 1170. The zero-order chi connectivity index (χ0) is 26.8. The Balaban J connectivity index is 2.13. The lowest BCUT2D eigenvalue weighted by molar-refractivity contribution is -0.116. The molecule has 0 amide bonds. The zero-order valence-corrected chi connectivity index (χ0v) is 17.9. The molecule has 0 saturated carbocycles. The Morgan fingerprint density at radius 3 is 1.42 bits per heavy atom. The van der Waals surface area contributed by atoms with Crippen LogP contribution in [0.4, 0.5) is 50.9 Å². The molecule has 194 valence electrons. The van der Waals surface area contributed by atoms with Crippen LogP contribution in [0.2, 0.25) is 0 Å². The highest BCUT2D eigenvalue weighted by Gasteiger charge is 2.31. The first-order chi connectivity index (χ1) is 16.7. The van der Waals surface area contributed by atoms with Gasteiger partial charge in [0.1, 0.15) is 42.0 Å². The normalized spacial score (nSPS) is 12.2. The quantitative estimate of drug-likeness (QED) is 0.207. The lowest BCUT2D eigenvalue weighted by atomic mass is 9.83. The van der Waals surface area contributed by atoms with Crippen molar-refractivity contribution in [2.24, 2.45) is 0 Å². The van der Waals surface area contributed by atoms with Crippen LogP contribution in [0.15, 0.2) is 48.5 Å². The summed E-state index contributed by atoms with van der Waals surface area (Å²) in [6.45, 7) is -3.25. The van der Waals surface area contributed by atoms with E-state index >= 15 is 0 Å². The topological polar surface area (TPSA) is 64.5 Å². The van der Waals surface area contributed by atoms with Gasteiger partial charge in [0, 0.05) is 29.2 Å². The Kier molecular flexibility index (Phi) is 7.51. The smallest absolute Gasteiger partial charge is 0.405 e. The third-order valence-electron chi connectivity index (χ3n) is 5.03. The van der Waals surface area contributed by atoms with E-state index in [2.05, 4.69) is 0 Å². The lowest BCUT2D eigenvalue weighted by Gasteiger charge is -2.23. The summed E-state index contributed by atoms with van der Waals surface area (Å²) < 4.78 is 119. The van der Waals surface area contributed by atoms with E-state index in [0.29, 0.717) is 24.3 Å². The Hall–Kier alpha value is -3.77. The van der Waals surface area contributed by atoms with Gasteiger partial charge < -0.3 is 20.8 Å². The molecule has 3 aromatic carbocycles. The first-order valence-corrected chi connectivity index (χ1v) is 10.1. The van der Waals surface area contributed by atoms with Gasteiger partial charge >= 0.3 is 12.4 Å². The number of halogens is 9. The minimum Gasteiger partial charge on any atom is -0.508 e. The number of nitrogens with one attached hydrogen (secondary N) is 2. The summed E-state index contributed by atoms with van der Waals surface area (Å²) in [6, 6.07) is 7.14. The molecule has 0 aliphatic heterocycles. The van der Waals surface area contributed by atoms with Crippen molar-refractivity contribution >= 4 is 11.4 Å². The van der Waals surface area contributed by atoms with Crippen molar-refractivity contribution in [2.45, 2.75) is 18.3 Å². The number of alkyl halides is 6. The molecular weight excluding hydrogens is 507 g/mol. The fourth-order valence-corrected chi connectivity index (χ4v) is 3.49. The number of hydrogen-bond acceptors (Lipinski definition) is 4. The van der Waals surface area contributed by atoms with Crippen LogP contribution in [0.5, 0.6) is 11.5 Å². The zero-order valence-electron chi connectivity index (χ0n) is 17.9. The van der Waals surface area contributed by atoms with Crippen LogP contribution < -0.4 is 10.6 Å². The average Bonchev–Trinajstić information content (AvgIpc) is 2.76. The van der Waals surface area contributed by atoms with Crippen molar-refractivity contribution in [1.29, 1.82) is 0 Å². The Labute approximate surface area is 198 Å². The second kappa shape index (κ2) is 10.1. The highest BCUT2D eigenvalue weighted by Crippen LogP contribution is 2.44. The molecule has 0 unspecified atom stereocenters. The van der Waals surface area contributed by atoms with Gasteiger partial charge in [0.2, 0.25) is 0 Å². The maximum absolute atomic E-state index is 14.7. The molecule has 4 N–H and O–H groups in total. The molecule has 0 atom stereocenters. The van der Waals surface area contributed by atoms with E-state index in [0.717, 1.165) is 6.07 Å². The van der Waals surface area contributed by atoms with Crippen LogP contribution in [-0.4, -0.2) is 35.7 Å². The van der Waals surface area contributed by atoms with Crippen molar-refractivity contribution in [3.8, 4) is 11.5 Å². The molecule has 3 aromatic rings. The fourth-order valence-electron chi connectivity index (χ4n) is 3.49. The summed E-state index contributed by atoms with van der Waals surface area (Å²) in [5, 5.41) is 24.5. The van der Waals surface area contributed by atoms with Crippen molar-refractivity contribution in [3.63, 3.8) is 0 Å². The van der Waals surface area contributed by atoms with Crippen LogP contribution in [0.1, 0.15) is 22.6 Å². The third kappa shape index (κ3) is 6.46. The minimum atomic E-state index is -4.71. The second-order valence-electron chi connectivity index (χ2n) is 7.67. The van der Waals surface area contributed by atoms with Gasteiger partial charge in [0.15, 0.2) is 0 Å². The van der Waals surface area contributed by atoms with E-state index in [4.69, 9.17) is 0 Å². The predicted molar refractivity (Wildman–Crippen MR) is 113 cm³/mol. The molecule has 0 bridgehead atoms. The maximum atomic E-state index is 14.7. The minimum absolute atomic E-state index is 0.297. The van der Waals surface area contributed by atoms with Crippen LogP contribution in [-0.2, 0) is 0 Å². The average molecular weight is 524 g/mol. The number of phenols is 2. The highest BCUT2D eigenvalue weighted by molar-refractivity contribution is 5.61. The van der Waals surface area contributed by atoms with Crippen molar-refractivity contribution < 1.29 is 49.7 Å². The molecule has 0 heterocycles. The summed E-state index contributed by atoms with van der Waals surface area (Å²) in [6.07, 6.45) is -9.41. The SMILES string of the molecule is Oc1cc(NCC(F)(F)F)c(F)cc1C(c1cc(F)c(NCC(F)(F)F)cc1O)c1ccccc1F. The summed E-state index contributed by atoms with van der Waals surface area (Å²) in [5.41, 5.74) is -2.68. The lowest BCUT2D eigenvalue weighted by Crippen LogP contribution is -2.22. The highest BCUT2D eigenvalue weighted by atomic mass is 19.4. The summed E-state index contributed by atoms with van der Waals surface area (Å²) in [5.74, 6) is -6.75. The van der Waals surface area contributed by atoms with Gasteiger partial charge in [-0.1, -0.05) is 18.2 Å². The maximum Gasteiger partial charge on any atom is 0.405 e. The van der Waals surface area contributed by atoms with Gasteiger partial charge in [-0.15, -0.1) is 0 Å². The number of phenolic OH excluding ortho intramolecular Hbond substituents is 2. The number of benzene rings is 3. The van der Waals surface area contributed by atoms with Crippen LogP contribution >= 0.6 is 0 Å². The molecule has 3 rings (SSSR count). The predicted octanol–water partition coefficient (Wildman–Crippen LogP) is 6.64. The van der Waals surface area contributed by atoms with E-state index in [1.54, 1.807) is 10.6 Å². The fraction of sp³-hybridized carbons (Fsp3) is 0.217. The van der Waals surface area contributed by atoms with Gasteiger partial charge in [-0.2, -0.15) is 26.3 Å².